The van der Waals surface area contributed by atoms with Crippen LogP contribution in [0.5, 0.6) is 0 Å². The highest BCUT2D eigenvalue weighted by atomic mass is 127. The monoisotopic (exact) mass is 282 g/mol. The quantitative estimate of drug-likeness (QED) is 0.687. The fraction of sp³-hybridized carbons (Fsp3) is 0. The van der Waals surface area contributed by atoms with Gasteiger partial charge in [0.1, 0.15) is 0 Å². The molecule has 0 heterocycles. The molecule has 0 saturated carbocycles. The normalized spacial score (nSPS) is 11.7. The Morgan fingerprint density at radius 2 is 1.91 bits per heavy atom. The predicted molar refractivity (Wildman–Crippen MR) is 54.1 cm³/mol. The Labute approximate surface area is 83.2 Å². The van der Waals surface area contributed by atoms with E-state index in [0.29, 0.717) is 0 Å². The minimum absolute atomic E-state index is 0.689. The molecule has 58 valence electrons. The minimum Gasteiger partial charge on any atom is -0.194 e. The van der Waals surface area contributed by atoms with E-state index in [1.54, 1.807) is 0 Å². The molecule has 0 N–H and O–H groups in total. The summed E-state index contributed by atoms with van der Waals surface area (Å²) < 4.78 is 13.2. The SMILES string of the molecule is F/C(Cl)=C\c1ccc(I)cc1. The van der Waals surface area contributed by atoms with Gasteiger partial charge in [-0.05, 0) is 46.4 Å². The Morgan fingerprint density at radius 3 is 2.36 bits per heavy atom. The summed E-state index contributed by atoms with van der Waals surface area (Å²) in [5, 5.41) is -0.689. The summed E-state index contributed by atoms with van der Waals surface area (Å²) in [6.07, 6.45) is 1.28. The van der Waals surface area contributed by atoms with E-state index in [9.17, 15) is 4.39 Å². The smallest absolute Gasteiger partial charge is 0.189 e. The Kier molecular flexibility index (Phi) is 3.33. The molecule has 1 rings (SSSR count). The van der Waals surface area contributed by atoms with E-state index in [4.69, 9.17) is 11.6 Å². The van der Waals surface area contributed by atoms with Crippen LogP contribution < -0.4 is 0 Å². The molecule has 0 spiro atoms. The highest BCUT2D eigenvalue weighted by molar-refractivity contribution is 14.1. The maximum absolute atomic E-state index is 12.1. The molecule has 0 atom stereocenters. The van der Waals surface area contributed by atoms with Crippen molar-refractivity contribution >= 4 is 40.3 Å². The lowest BCUT2D eigenvalue weighted by Gasteiger charge is -1.91. The lowest BCUT2D eigenvalue weighted by atomic mass is 10.2. The summed E-state index contributed by atoms with van der Waals surface area (Å²) >= 11 is 7.23. The van der Waals surface area contributed by atoms with Crippen LogP contribution in [0.25, 0.3) is 6.08 Å². The molecule has 0 radical (unpaired) electrons. The molecule has 1 aromatic carbocycles. The van der Waals surface area contributed by atoms with Crippen molar-refractivity contribution in [1.82, 2.24) is 0 Å². The second-order valence-electron chi connectivity index (χ2n) is 1.99. The lowest BCUT2D eigenvalue weighted by molar-refractivity contribution is 0.702. The minimum atomic E-state index is -0.689. The van der Waals surface area contributed by atoms with Gasteiger partial charge in [-0.15, -0.1) is 0 Å². The second kappa shape index (κ2) is 4.07. The summed E-state index contributed by atoms with van der Waals surface area (Å²) in [7, 11) is 0. The Balaban J connectivity index is 2.91. The molecule has 3 heteroatoms. The van der Waals surface area contributed by atoms with Crippen molar-refractivity contribution in [3.63, 3.8) is 0 Å². The van der Waals surface area contributed by atoms with Gasteiger partial charge in [0.2, 0.25) is 0 Å². The predicted octanol–water partition coefficient (Wildman–Crippen LogP) is 3.80. The molecule has 0 aliphatic heterocycles. The van der Waals surface area contributed by atoms with Crippen molar-refractivity contribution in [2.45, 2.75) is 0 Å². The number of hydrogen-bond donors (Lipinski definition) is 0. The second-order valence-corrected chi connectivity index (χ2v) is 3.59. The number of hydrogen-bond acceptors (Lipinski definition) is 0. The van der Waals surface area contributed by atoms with Crippen molar-refractivity contribution in [3.8, 4) is 0 Å². The molecule has 0 aliphatic carbocycles. The molecule has 0 amide bonds. The third-order valence-corrected chi connectivity index (χ3v) is 1.97. The summed E-state index contributed by atoms with van der Waals surface area (Å²) in [6.45, 7) is 0. The van der Waals surface area contributed by atoms with Crippen LogP contribution >= 0.6 is 34.2 Å². The van der Waals surface area contributed by atoms with Crippen LogP contribution in [0.3, 0.4) is 0 Å². The van der Waals surface area contributed by atoms with Gasteiger partial charge >= 0.3 is 0 Å². The van der Waals surface area contributed by atoms with E-state index >= 15 is 0 Å². The standard InChI is InChI=1S/C8H5ClFI/c9-8(10)5-6-1-3-7(11)4-2-6/h1-5H/b8-5-. The molecule has 0 unspecified atom stereocenters. The summed E-state index contributed by atoms with van der Waals surface area (Å²) in [5.41, 5.74) is 0.776. The van der Waals surface area contributed by atoms with Gasteiger partial charge in [0.25, 0.3) is 0 Å². The van der Waals surface area contributed by atoms with Gasteiger partial charge in [-0.3, -0.25) is 0 Å². The highest BCUT2D eigenvalue weighted by Crippen LogP contribution is 2.12. The number of benzene rings is 1. The van der Waals surface area contributed by atoms with Crippen molar-refractivity contribution in [2.75, 3.05) is 0 Å². The first-order valence-electron chi connectivity index (χ1n) is 2.97. The molecule has 0 aliphatic rings. The molecule has 0 bridgehead atoms. The molecular weight excluding hydrogens is 277 g/mol. The highest BCUT2D eigenvalue weighted by Gasteiger charge is 1.90. The van der Waals surface area contributed by atoms with Crippen molar-refractivity contribution in [1.29, 1.82) is 0 Å². The van der Waals surface area contributed by atoms with Crippen LogP contribution in [0.15, 0.2) is 29.6 Å². The van der Waals surface area contributed by atoms with Crippen LogP contribution in [-0.2, 0) is 0 Å². The zero-order valence-corrected chi connectivity index (χ0v) is 8.43. The number of halogens is 3. The van der Waals surface area contributed by atoms with E-state index < -0.39 is 5.29 Å². The molecular formula is C8H5ClFI. The van der Waals surface area contributed by atoms with Crippen LogP contribution in [0, 0.1) is 3.57 Å². The van der Waals surface area contributed by atoms with Crippen molar-refractivity contribution in [2.24, 2.45) is 0 Å². The third-order valence-electron chi connectivity index (χ3n) is 1.15. The van der Waals surface area contributed by atoms with Crippen molar-refractivity contribution < 1.29 is 4.39 Å². The van der Waals surface area contributed by atoms with Crippen LogP contribution in [-0.4, -0.2) is 0 Å². The van der Waals surface area contributed by atoms with E-state index in [2.05, 4.69) is 22.6 Å². The lowest BCUT2D eigenvalue weighted by Crippen LogP contribution is -1.72. The number of rotatable bonds is 1. The molecule has 0 saturated heterocycles. The van der Waals surface area contributed by atoms with Crippen LogP contribution in [0.4, 0.5) is 4.39 Å². The fourth-order valence-electron chi connectivity index (χ4n) is 0.685. The van der Waals surface area contributed by atoms with E-state index in [1.165, 1.54) is 6.08 Å². The fourth-order valence-corrected chi connectivity index (χ4v) is 1.17. The van der Waals surface area contributed by atoms with Gasteiger partial charge in [0.15, 0.2) is 5.29 Å². The molecule has 0 fully saturated rings. The maximum atomic E-state index is 12.1. The van der Waals surface area contributed by atoms with Gasteiger partial charge < -0.3 is 0 Å². The van der Waals surface area contributed by atoms with Crippen LogP contribution in [0.1, 0.15) is 5.56 Å². The Hall–Kier alpha value is -0.0900. The van der Waals surface area contributed by atoms with E-state index in [-0.39, 0.29) is 0 Å². The topological polar surface area (TPSA) is 0 Å². The summed E-state index contributed by atoms with van der Waals surface area (Å²) in [4.78, 5) is 0. The first kappa shape index (κ1) is 9.00. The molecule has 1 aromatic rings. The summed E-state index contributed by atoms with van der Waals surface area (Å²) in [5.74, 6) is 0. The van der Waals surface area contributed by atoms with Gasteiger partial charge in [-0.1, -0.05) is 23.7 Å². The molecule has 0 nitrogen and oxygen atoms in total. The third kappa shape index (κ3) is 3.20. The van der Waals surface area contributed by atoms with Gasteiger partial charge in [0.05, 0.1) is 0 Å². The van der Waals surface area contributed by atoms with Crippen molar-refractivity contribution in [3.05, 3.63) is 38.7 Å². The zero-order valence-electron chi connectivity index (χ0n) is 5.52. The zero-order chi connectivity index (χ0) is 8.27. The summed E-state index contributed by atoms with van der Waals surface area (Å²) in [6, 6.07) is 7.41. The average Bonchev–Trinajstić information content (AvgIpc) is 1.93. The van der Waals surface area contributed by atoms with Gasteiger partial charge in [-0.25, -0.2) is 0 Å². The van der Waals surface area contributed by atoms with E-state index in [0.717, 1.165) is 9.13 Å². The Bertz CT molecular complexity index is 262. The first-order chi connectivity index (χ1) is 5.18. The maximum Gasteiger partial charge on any atom is 0.189 e. The van der Waals surface area contributed by atoms with Gasteiger partial charge in [0, 0.05) is 3.57 Å². The molecule has 11 heavy (non-hydrogen) atoms. The van der Waals surface area contributed by atoms with Crippen LogP contribution in [0.2, 0.25) is 0 Å². The average molecular weight is 282 g/mol. The Morgan fingerprint density at radius 1 is 1.36 bits per heavy atom. The molecule has 0 aromatic heterocycles. The first-order valence-corrected chi connectivity index (χ1v) is 4.42. The largest absolute Gasteiger partial charge is 0.194 e. The van der Waals surface area contributed by atoms with E-state index in [1.807, 2.05) is 24.3 Å². The van der Waals surface area contributed by atoms with Gasteiger partial charge in [-0.2, -0.15) is 4.39 Å².